The van der Waals surface area contributed by atoms with Crippen LogP contribution in [0.4, 0.5) is 0 Å². The second-order valence-corrected chi connectivity index (χ2v) is 7.17. The van der Waals surface area contributed by atoms with Crippen molar-refractivity contribution in [3.63, 3.8) is 0 Å². The summed E-state index contributed by atoms with van der Waals surface area (Å²) in [5.41, 5.74) is 5.31. The standard InChI is InChI=1S/C26H20/c1-17-11-13-21(18(2)15-17)26-23-10-6-4-8-20(23)16-25-22-9-5-3-7-19(22)12-14-24(25)26/h3-16H,1-2H3. The Bertz CT molecular complexity index is 1290. The summed E-state index contributed by atoms with van der Waals surface area (Å²) in [5, 5.41) is 7.89. The molecule has 0 nitrogen and oxygen atoms in total. The molecular weight excluding hydrogens is 312 g/mol. The van der Waals surface area contributed by atoms with E-state index < -0.39 is 0 Å². The first-order valence-corrected chi connectivity index (χ1v) is 9.13. The molecule has 0 atom stereocenters. The van der Waals surface area contributed by atoms with Crippen molar-refractivity contribution < 1.29 is 0 Å². The third-order valence-corrected chi connectivity index (χ3v) is 5.42. The lowest BCUT2D eigenvalue weighted by atomic mass is 9.88. The second-order valence-electron chi connectivity index (χ2n) is 7.17. The molecule has 0 heteroatoms. The van der Waals surface area contributed by atoms with Crippen molar-refractivity contribution in [2.45, 2.75) is 13.8 Å². The fourth-order valence-electron chi connectivity index (χ4n) is 4.20. The molecule has 0 radical (unpaired) electrons. The highest BCUT2D eigenvalue weighted by atomic mass is 14.2. The Morgan fingerprint density at radius 1 is 0.500 bits per heavy atom. The van der Waals surface area contributed by atoms with E-state index in [1.54, 1.807) is 0 Å². The number of rotatable bonds is 1. The summed E-state index contributed by atoms with van der Waals surface area (Å²) in [6, 6.07) is 31.1. The third kappa shape index (κ3) is 2.23. The van der Waals surface area contributed by atoms with Crippen molar-refractivity contribution in [2.75, 3.05) is 0 Å². The van der Waals surface area contributed by atoms with Gasteiger partial charge in [0.2, 0.25) is 0 Å². The molecule has 5 rings (SSSR count). The Hall–Kier alpha value is -3.12. The molecule has 0 amide bonds. The van der Waals surface area contributed by atoms with Crippen LogP contribution in [0.15, 0.2) is 84.9 Å². The molecule has 26 heavy (non-hydrogen) atoms. The van der Waals surface area contributed by atoms with Gasteiger partial charge in [0.15, 0.2) is 0 Å². The van der Waals surface area contributed by atoms with E-state index in [9.17, 15) is 0 Å². The number of aryl methyl sites for hydroxylation is 2. The van der Waals surface area contributed by atoms with Crippen LogP contribution in [0.5, 0.6) is 0 Å². The highest BCUT2D eigenvalue weighted by Gasteiger charge is 2.13. The van der Waals surface area contributed by atoms with Crippen molar-refractivity contribution in [3.05, 3.63) is 96.1 Å². The third-order valence-electron chi connectivity index (χ3n) is 5.42. The highest BCUT2D eigenvalue weighted by molar-refractivity contribution is 6.20. The molecule has 0 saturated heterocycles. The van der Waals surface area contributed by atoms with Crippen LogP contribution < -0.4 is 0 Å². The maximum absolute atomic E-state index is 2.35. The van der Waals surface area contributed by atoms with Gasteiger partial charge in [-0.15, -0.1) is 0 Å². The Kier molecular flexibility index (Phi) is 3.33. The van der Waals surface area contributed by atoms with Gasteiger partial charge < -0.3 is 0 Å². The zero-order chi connectivity index (χ0) is 17.7. The lowest BCUT2D eigenvalue weighted by Crippen LogP contribution is -1.90. The van der Waals surface area contributed by atoms with Gasteiger partial charge in [-0.25, -0.2) is 0 Å². The largest absolute Gasteiger partial charge is 0.0616 e. The molecule has 0 N–H and O–H groups in total. The van der Waals surface area contributed by atoms with E-state index in [0.717, 1.165) is 0 Å². The fourth-order valence-corrected chi connectivity index (χ4v) is 4.20. The molecule has 5 aromatic carbocycles. The van der Waals surface area contributed by atoms with E-state index in [-0.39, 0.29) is 0 Å². The van der Waals surface area contributed by atoms with Gasteiger partial charge in [-0.05, 0) is 68.9 Å². The summed E-state index contributed by atoms with van der Waals surface area (Å²) in [6.07, 6.45) is 0. The molecule has 5 aromatic rings. The van der Waals surface area contributed by atoms with Gasteiger partial charge in [0.05, 0.1) is 0 Å². The number of fused-ring (bicyclic) bond motifs is 4. The van der Waals surface area contributed by atoms with Crippen LogP contribution in [-0.2, 0) is 0 Å². The van der Waals surface area contributed by atoms with Crippen molar-refractivity contribution in [2.24, 2.45) is 0 Å². The summed E-state index contributed by atoms with van der Waals surface area (Å²) in [7, 11) is 0. The van der Waals surface area contributed by atoms with Gasteiger partial charge in [0, 0.05) is 0 Å². The van der Waals surface area contributed by atoms with Gasteiger partial charge in [-0.3, -0.25) is 0 Å². The molecule has 0 aliphatic carbocycles. The van der Waals surface area contributed by atoms with Crippen molar-refractivity contribution in [3.8, 4) is 11.1 Å². The summed E-state index contributed by atoms with van der Waals surface area (Å²) in [4.78, 5) is 0. The van der Waals surface area contributed by atoms with E-state index >= 15 is 0 Å². The van der Waals surface area contributed by atoms with Crippen LogP contribution in [-0.4, -0.2) is 0 Å². The Morgan fingerprint density at radius 2 is 1.23 bits per heavy atom. The molecule has 124 valence electrons. The molecule has 0 saturated carbocycles. The maximum atomic E-state index is 2.35. The van der Waals surface area contributed by atoms with Crippen LogP contribution in [0.1, 0.15) is 11.1 Å². The van der Waals surface area contributed by atoms with Gasteiger partial charge in [-0.1, -0.05) is 84.4 Å². The summed E-state index contributed by atoms with van der Waals surface area (Å²) in [5.74, 6) is 0. The van der Waals surface area contributed by atoms with Gasteiger partial charge in [0.25, 0.3) is 0 Å². The first-order valence-electron chi connectivity index (χ1n) is 9.13. The van der Waals surface area contributed by atoms with Crippen LogP contribution in [0.25, 0.3) is 43.4 Å². The lowest BCUT2D eigenvalue weighted by molar-refractivity contribution is 1.39. The minimum absolute atomic E-state index is 1.29. The van der Waals surface area contributed by atoms with Crippen molar-refractivity contribution in [1.82, 2.24) is 0 Å². The zero-order valence-electron chi connectivity index (χ0n) is 15.1. The summed E-state index contributed by atoms with van der Waals surface area (Å²) < 4.78 is 0. The van der Waals surface area contributed by atoms with Crippen LogP contribution in [0, 0.1) is 13.8 Å². The van der Waals surface area contributed by atoms with E-state index in [1.165, 1.54) is 54.6 Å². The number of hydrogen-bond acceptors (Lipinski definition) is 0. The summed E-state index contributed by atoms with van der Waals surface area (Å²) in [6.45, 7) is 4.38. The molecule has 0 heterocycles. The zero-order valence-corrected chi connectivity index (χ0v) is 15.1. The van der Waals surface area contributed by atoms with Crippen LogP contribution in [0.3, 0.4) is 0 Å². The second kappa shape index (κ2) is 5.71. The van der Waals surface area contributed by atoms with Crippen LogP contribution in [0.2, 0.25) is 0 Å². The molecule has 0 spiro atoms. The number of hydrogen-bond donors (Lipinski definition) is 0. The SMILES string of the molecule is Cc1ccc(-c2c3ccccc3cc3c2ccc2ccccc23)c(C)c1. The van der Waals surface area contributed by atoms with Gasteiger partial charge >= 0.3 is 0 Å². The maximum Gasteiger partial charge on any atom is -0.00239 e. The Balaban J connectivity index is 2.03. The van der Waals surface area contributed by atoms with E-state index in [2.05, 4.69) is 98.8 Å². The van der Waals surface area contributed by atoms with E-state index in [1.807, 2.05) is 0 Å². The molecule has 0 aliphatic heterocycles. The fraction of sp³-hybridized carbons (Fsp3) is 0.0769. The predicted molar refractivity (Wildman–Crippen MR) is 114 cm³/mol. The monoisotopic (exact) mass is 332 g/mol. The van der Waals surface area contributed by atoms with Crippen LogP contribution >= 0.6 is 0 Å². The molecule has 0 fully saturated rings. The van der Waals surface area contributed by atoms with Gasteiger partial charge in [0.1, 0.15) is 0 Å². The molecule has 0 aromatic heterocycles. The normalized spacial score (nSPS) is 11.5. The molecule has 0 unspecified atom stereocenters. The molecular formula is C26H20. The lowest BCUT2D eigenvalue weighted by Gasteiger charge is -2.16. The molecule has 0 aliphatic rings. The average Bonchev–Trinajstić information content (AvgIpc) is 2.67. The summed E-state index contributed by atoms with van der Waals surface area (Å²) >= 11 is 0. The molecule has 0 bridgehead atoms. The number of benzene rings is 5. The minimum Gasteiger partial charge on any atom is -0.0616 e. The van der Waals surface area contributed by atoms with E-state index in [4.69, 9.17) is 0 Å². The predicted octanol–water partition coefficient (Wildman–Crippen LogP) is 7.43. The Labute approximate surface area is 153 Å². The van der Waals surface area contributed by atoms with Gasteiger partial charge in [-0.2, -0.15) is 0 Å². The van der Waals surface area contributed by atoms with Crippen molar-refractivity contribution >= 4 is 32.3 Å². The Morgan fingerprint density at radius 3 is 2.04 bits per heavy atom. The first kappa shape index (κ1) is 15.2. The van der Waals surface area contributed by atoms with Crippen molar-refractivity contribution in [1.29, 1.82) is 0 Å². The van der Waals surface area contributed by atoms with E-state index in [0.29, 0.717) is 0 Å². The minimum atomic E-state index is 1.29. The smallest absolute Gasteiger partial charge is 0.00239 e. The first-order chi connectivity index (χ1) is 12.7. The topological polar surface area (TPSA) is 0 Å². The average molecular weight is 332 g/mol. The highest BCUT2D eigenvalue weighted by Crippen LogP contribution is 2.40. The quantitative estimate of drug-likeness (QED) is 0.221.